The molecule has 0 amide bonds. The van der Waals surface area contributed by atoms with E-state index in [-0.39, 0.29) is 30.5 Å². The fourth-order valence-corrected chi connectivity index (χ4v) is 2.54. The van der Waals surface area contributed by atoms with Gasteiger partial charge in [-0.05, 0) is 42.8 Å². The number of nitrogens with zero attached hydrogens (tertiary/aromatic N) is 1. The quantitative estimate of drug-likeness (QED) is 0.243. The minimum Gasteiger partial charge on any atom is -0.493 e. The van der Waals surface area contributed by atoms with Gasteiger partial charge in [-0.3, -0.25) is 0 Å². The van der Waals surface area contributed by atoms with E-state index in [9.17, 15) is 13.2 Å². The number of methoxy groups -OCH3 is 2. The summed E-state index contributed by atoms with van der Waals surface area (Å²) in [5.41, 5.74) is 0.519. The normalized spacial score (nSPS) is 11.0. The molecule has 168 valence electrons. The van der Waals surface area contributed by atoms with E-state index >= 15 is 0 Å². The zero-order valence-corrected chi connectivity index (χ0v) is 19.8. The van der Waals surface area contributed by atoms with Crippen molar-refractivity contribution in [1.82, 2.24) is 10.6 Å². The molecule has 0 bridgehead atoms. The Bertz CT molecular complexity index is 938. The van der Waals surface area contributed by atoms with E-state index in [2.05, 4.69) is 27.5 Å². The number of hydrogen-bond acceptors (Lipinski definition) is 3. The Morgan fingerprint density at radius 2 is 1.77 bits per heavy atom. The molecule has 0 aliphatic carbocycles. The van der Waals surface area contributed by atoms with E-state index in [1.54, 1.807) is 20.3 Å². The predicted octanol–water partition coefficient (Wildman–Crippen LogP) is 4.45. The highest BCUT2D eigenvalue weighted by atomic mass is 127. The lowest BCUT2D eigenvalue weighted by Gasteiger charge is -2.10. The summed E-state index contributed by atoms with van der Waals surface area (Å²) in [6.07, 6.45) is -4.38. The van der Waals surface area contributed by atoms with Crippen molar-refractivity contribution < 1.29 is 22.6 Å². The van der Waals surface area contributed by atoms with Gasteiger partial charge in [0.2, 0.25) is 0 Å². The lowest BCUT2D eigenvalue weighted by molar-refractivity contribution is -0.137. The van der Waals surface area contributed by atoms with Crippen LogP contribution >= 0.6 is 24.0 Å². The number of aliphatic imine (C=N–C) groups is 1. The Labute approximate surface area is 197 Å². The number of ether oxygens (including phenoxy) is 2. The van der Waals surface area contributed by atoms with Crippen molar-refractivity contribution in [2.75, 3.05) is 27.3 Å². The largest absolute Gasteiger partial charge is 0.493 e. The molecule has 0 fully saturated rings. The van der Waals surface area contributed by atoms with E-state index in [0.29, 0.717) is 36.1 Å². The number of halogens is 4. The minimum atomic E-state index is -4.38. The van der Waals surface area contributed by atoms with Crippen LogP contribution in [0.25, 0.3) is 0 Å². The summed E-state index contributed by atoms with van der Waals surface area (Å²) in [6.45, 7) is 3.21. The topological polar surface area (TPSA) is 54.9 Å². The molecule has 2 aromatic rings. The number of nitrogens with one attached hydrogen (secondary N) is 2. The number of rotatable bonds is 6. The molecule has 31 heavy (non-hydrogen) atoms. The SMILES string of the molecule is CCNC(=NCc1ccc(OC)c(OC)c1)NCC#Cc1cccc(C(F)(F)F)c1.I. The summed E-state index contributed by atoms with van der Waals surface area (Å²) < 4.78 is 48.8. The van der Waals surface area contributed by atoms with Crippen LogP contribution in [-0.4, -0.2) is 33.3 Å². The van der Waals surface area contributed by atoms with Crippen molar-refractivity contribution in [3.05, 3.63) is 59.2 Å². The van der Waals surface area contributed by atoms with Gasteiger partial charge in [0.15, 0.2) is 17.5 Å². The molecule has 9 heteroatoms. The van der Waals surface area contributed by atoms with Crippen LogP contribution in [0.15, 0.2) is 47.5 Å². The molecule has 0 spiro atoms. The van der Waals surface area contributed by atoms with Gasteiger partial charge in [-0.2, -0.15) is 13.2 Å². The van der Waals surface area contributed by atoms with E-state index in [1.165, 1.54) is 6.07 Å². The number of hydrogen-bond donors (Lipinski definition) is 2. The van der Waals surface area contributed by atoms with Gasteiger partial charge in [0.1, 0.15) is 0 Å². The molecule has 0 aliphatic heterocycles. The first-order valence-electron chi connectivity index (χ1n) is 9.26. The number of guanidine groups is 1. The number of benzene rings is 2. The van der Waals surface area contributed by atoms with Crippen LogP contribution in [0.5, 0.6) is 11.5 Å². The first-order valence-corrected chi connectivity index (χ1v) is 9.26. The molecule has 0 atom stereocenters. The number of alkyl halides is 3. The van der Waals surface area contributed by atoms with Crippen LogP contribution in [0.3, 0.4) is 0 Å². The lowest BCUT2D eigenvalue weighted by Crippen LogP contribution is -2.37. The highest BCUT2D eigenvalue weighted by molar-refractivity contribution is 14.0. The predicted molar refractivity (Wildman–Crippen MR) is 126 cm³/mol. The zero-order chi connectivity index (χ0) is 22.0. The second-order valence-corrected chi connectivity index (χ2v) is 6.12. The van der Waals surface area contributed by atoms with Gasteiger partial charge < -0.3 is 20.1 Å². The average molecular weight is 547 g/mol. The standard InChI is InChI=1S/C22H24F3N3O2.HI/c1-4-26-21(28-15-17-10-11-19(29-2)20(14-17)30-3)27-12-6-8-16-7-5-9-18(13-16)22(23,24)25;/h5,7,9-11,13-14H,4,12,15H2,1-3H3,(H2,26,27,28);1H. The summed E-state index contributed by atoms with van der Waals surface area (Å²) in [5, 5.41) is 6.14. The molecule has 0 aliphatic rings. The minimum absolute atomic E-state index is 0. The van der Waals surface area contributed by atoms with Gasteiger partial charge in [-0.25, -0.2) is 4.99 Å². The Morgan fingerprint density at radius 3 is 2.42 bits per heavy atom. The first-order chi connectivity index (χ1) is 14.4. The van der Waals surface area contributed by atoms with Crippen LogP contribution in [0, 0.1) is 11.8 Å². The van der Waals surface area contributed by atoms with Crippen molar-refractivity contribution >= 4 is 29.9 Å². The van der Waals surface area contributed by atoms with Gasteiger partial charge in [-0.1, -0.05) is 24.0 Å². The lowest BCUT2D eigenvalue weighted by atomic mass is 10.1. The summed E-state index contributed by atoms with van der Waals surface area (Å²) in [7, 11) is 3.14. The van der Waals surface area contributed by atoms with E-state index in [0.717, 1.165) is 17.7 Å². The molecule has 0 radical (unpaired) electrons. The maximum absolute atomic E-state index is 12.8. The average Bonchev–Trinajstić information content (AvgIpc) is 2.74. The summed E-state index contributed by atoms with van der Waals surface area (Å²) in [4.78, 5) is 4.49. The van der Waals surface area contributed by atoms with Crippen LogP contribution in [0.4, 0.5) is 13.2 Å². The van der Waals surface area contributed by atoms with E-state index in [1.807, 2.05) is 25.1 Å². The molecule has 0 saturated heterocycles. The third-order valence-electron chi connectivity index (χ3n) is 3.98. The summed E-state index contributed by atoms with van der Waals surface area (Å²) >= 11 is 0. The highest BCUT2D eigenvalue weighted by Gasteiger charge is 2.30. The smallest absolute Gasteiger partial charge is 0.416 e. The molecule has 0 aromatic heterocycles. The van der Waals surface area contributed by atoms with Crippen LogP contribution in [0.2, 0.25) is 0 Å². The van der Waals surface area contributed by atoms with Gasteiger partial charge in [-0.15, -0.1) is 24.0 Å². The van der Waals surface area contributed by atoms with Crippen molar-refractivity contribution in [2.45, 2.75) is 19.6 Å². The maximum Gasteiger partial charge on any atom is 0.416 e. The Morgan fingerprint density at radius 1 is 1.03 bits per heavy atom. The fraction of sp³-hybridized carbons (Fsp3) is 0.318. The van der Waals surface area contributed by atoms with E-state index < -0.39 is 11.7 Å². The van der Waals surface area contributed by atoms with Crippen LogP contribution in [0.1, 0.15) is 23.6 Å². The molecule has 0 unspecified atom stereocenters. The molecule has 2 aromatic carbocycles. The summed E-state index contributed by atoms with van der Waals surface area (Å²) in [5.74, 6) is 7.35. The third kappa shape index (κ3) is 8.57. The highest BCUT2D eigenvalue weighted by Crippen LogP contribution is 2.29. The van der Waals surface area contributed by atoms with Crippen molar-refractivity contribution in [3.63, 3.8) is 0 Å². The molecular formula is C22H25F3IN3O2. The third-order valence-corrected chi connectivity index (χ3v) is 3.98. The monoisotopic (exact) mass is 547 g/mol. The van der Waals surface area contributed by atoms with Gasteiger partial charge in [0.25, 0.3) is 0 Å². The van der Waals surface area contributed by atoms with Crippen LogP contribution in [-0.2, 0) is 12.7 Å². The van der Waals surface area contributed by atoms with Gasteiger partial charge >= 0.3 is 6.18 Å². The Hall–Kier alpha value is -2.61. The van der Waals surface area contributed by atoms with Gasteiger partial charge in [0, 0.05) is 12.1 Å². The first kappa shape index (κ1) is 26.4. The Balaban J connectivity index is 0.00000480. The van der Waals surface area contributed by atoms with E-state index in [4.69, 9.17) is 9.47 Å². The maximum atomic E-state index is 12.8. The second-order valence-electron chi connectivity index (χ2n) is 6.12. The summed E-state index contributed by atoms with van der Waals surface area (Å²) in [6, 6.07) is 10.5. The Kier molecular flexibility index (Phi) is 11.0. The van der Waals surface area contributed by atoms with Gasteiger partial charge in [0.05, 0.1) is 32.9 Å². The molecule has 0 heterocycles. The molecule has 0 saturated carbocycles. The molecule has 2 N–H and O–H groups in total. The van der Waals surface area contributed by atoms with Crippen molar-refractivity contribution in [1.29, 1.82) is 0 Å². The second kappa shape index (κ2) is 12.9. The zero-order valence-electron chi connectivity index (χ0n) is 17.5. The van der Waals surface area contributed by atoms with Crippen molar-refractivity contribution in [3.8, 4) is 23.3 Å². The fourth-order valence-electron chi connectivity index (χ4n) is 2.54. The van der Waals surface area contributed by atoms with Crippen molar-refractivity contribution in [2.24, 2.45) is 4.99 Å². The molecule has 2 rings (SSSR count). The molecular weight excluding hydrogens is 522 g/mol. The molecule has 5 nitrogen and oxygen atoms in total. The van der Waals surface area contributed by atoms with Crippen LogP contribution < -0.4 is 20.1 Å².